The minimum Gasteiger partial charge on any atom is -0.350 e. The summed E-state index contributed by atoms with van der Waals surface area (Å²) in [5.41, 5.74) is 1.42. The van der Waals surface area contributed by atoms with Gasteiger partial charge in [-0.1, -0.05) is 13.8 Å². The number of anilines is 1. The minimum absolute atomic E-state index is 0.101. The van der Waals surface area contributed by atoms with Gasteiger partial charge in [0.2, 0.25) is 11.8 Å². The van der Waals surface area contributed by atoms with Crippen LogP contribution >= 0.6 is 11.3 Å². The van der Waals surface area contributed by atoms with Gasteiger partial charge < -0.3 is 10.6 Å². The topological polar surface area (TPSA) is 85.2 Å². The van der Waals surface area contributed by atoms with E-state index in [9.17, 15) is 14.9 Å². The second kappa shape index (κ2) is 8.85. The summed E-state index contributed by atoms with van der Waals surface area (Å²) in [6.45, 7) is 10.8. The van der Waals surface area contributed by atoms with Gasteiger partial charge in [-0.25, -0.2) is 0 Å². The Morgan fingerprint density at radius 2 is 1.96 bits per heavy atom. The zero-order valence-corrected chi connectivity index (χ0v) is 17.8. The molecule has 1 aliphatic rings. The van der Waals surface area contributed by atoms with E-state index < -0.39 is 0 Å². The highest BCUT2D eigenvalue weighted by molar-refractivity contribution is 7.16. The lowest BCUT2D eigenvalue weighted by Crippen LogP contribution is -2.47. The predicted octanol–water partition coefficient (Wildman–Crippen LogP) is 2.92. The lowest BCUT2D eigenvalue weighted by molar-refractivity contribution is -0.124. The van der Waals surface area contributed by atoms with E-state index in [1.54, 1.807) is 4.90 Å². The van der Waals surface area contributed by atoms with Crippen LogP contribution in [0.25, 0.3) is 0 Å². The number of nitrogens with one attached hydrogen (secondary N) is 2. The number of amides is 2. The summed E-state index contributed by atoms with van der Waals surface area (Å²) in [5, 5.41) is 16.0. The summed E-state index contributed by atoms with van der Waals surface area (Å²) in [5.74, 6) is 0.321. The first-order valence-electron chi connectivity index (χ1n) is 9.50. The standard InChI is InChI=1S/C20H30N4O2S/c1-6-24(12-18(26)23-20(3,4)5)11-17(25)22-19-15(10-21)14-8-7-13(2)9-16(14)27-19/h13H,6-9,11-12H2,1-5H3,(H,22,25)(H,23,26)/t13-/m1/s1. The SMILES string of the molecule is CCN(CC(=O)Nc1sc2c(c1C#N)CC[C@@H](C)C2)CC(=O)NC(C)(C)C. The molecular weight excluding hydrogens is 360 g/mol. The smallest absolute Gasteiger partial charge is 0.239 e. The van der Waals surface area contributed by atoms with Crippen LogP contribution in [0, 0.1) is 17.2 Å². The maximum atomic E-state index is 12.5. The van der Waals surface area contributed by atoms with Crippen molar-refractivity contribution in [2.45, 2.75) is 59.4 Å². The van der Waals surface area contributed by atoms with Crippen molar-refractivity contribution in [3.05, 3.63) is 16.0 Å². The molecule has 0 fully saturated rings. The van der Waals surface area contributed by atoms with Crippen molar-refractivity contribution in [2.24, 2.45) is 5.92 Å². The number of nitriles is 1. The number of carbonyl (C=O) groups is 2. The van der Waals surface area contributed by atoms with E-state index >= 15 is 0 Å². The number of carbonyl (C=O) groups excluding carboxylic acids is 2. The number of hydrogen-bond donors (Lipinski definition) is 2. The molecule has 1 aromatic rings. The van der Waals surface area contributed by atoms with E-state index in [1.807, 2.05) is 27.7 Å². The molecule has 6 nitrogen and oxygen atoms in total. The van der Waals surface area contributed by atoms with Crippen molar-refractivity contribution in [3.63, 3.8) is 0 Å². The van der Waals surface area contributed by atoms with Crippen LogP contribution in [0.4, 0.5) is 5.00 Å². The van der Waals surface area contributed by atoms with Crippen LogP contribution in [0.5, 0.6) is 0 Å². The molecule has 0 unspecified atom stereocenters. The molecule has 0 spiro atoms. The lowest BCUT2D eigenvalue weighted by Gasteiger charge is -2.24. The number of fused-ring (bicyclic) bond motifs is 1. The van der Waals surface area contributed by atoms with Gasteiger partial charge >= 0.3 is 0 Å². The van der Waals surface area contributed by atoms with E-state index in [2.05, 4.69) is 23.6 Å². The minimum atomic E-state index is -0.298. The first-order chi connectivity index (χ1) is 12.6. The molecule has 2 N–H and O–H groups in total. The Balaban J connectivity index is 2.00. The molecule has 1 heterocycles. The van der Waals surface area contributed by atoms with E-state index in [4.69, 9.17) is 0 Å². The fourth-order valence-corrected chi connectivity index (χ4v) is 4.64. The largest absolute Gasteiger partial charge is 0.350 e. The van der Waals surface area contributed by atoms with Crippen molar-refractivity contribution in [1.29, 1.82) is 5.26 Å². The number of thiophene rings is 1. The molecule has 2 amide bonds. The number of likely N-dealkylation sites (N-methyl/N-ethyl adjacent to an activating group) is 1. The molecule has 0 radical (unpaired) electrons. The average molecular weight is 391 g/mol. The van der Waals surface area contributed by atoms with Gasteiger partial charge in [-0.15, -0.1) is 11.3 Å². The first kappa shape index (κ1) is 21.4. The average Bonchev–Trinajstić information content (AvgIpc) is 2.87. The van der Waals surface area contributed by atoms with Gasteiger partial charge in [-0.3, -0.25) is 14.5 Å². The van der Waals surface area contributed by atoms with Crippen LogP contribution in [-0.4, -0.2) is 41.9 Å². The van der Waals surface area contributed by atoms with Crippen LogP contribution in [0.1, 0.15) is 57.0 Å². The molecule has 148 valence electrons. The predicted molar refractivity (Wildman–Crippen MR) is 109 cm³/mol. The van der Waals surface area contributed by atoms with Gasteiger partial charge in [0, 0.05) is 10.4 Å². The van der Waals surface area contributed by atoms with Gasteiger partial charge in [-0.2, -0.15) is 5.26 Å². The lowest BCUT2D eigenvalue weighted by atomic mass is 9.89. The number of rotatable bonds is 6. The Morgan fingerprint density at radius 1 is 1.30 bits per heavy atom. The van der Waals surface area contributed by atoms with E-state index in [1.165, 1.54) is 16.2 Å². The molecule has 0 saturated heterocycles. The molecule has 1 aromatic heterocycles. The third kappa shape index (κ3) is 6.05. The number of hydrogen-bond acceptors (Lipinski definition) is 5. The van der Waals surface area contributed by atoms with Crippen molar-refractivity contribution < 1.29 is 9.59 Å². The Kier molecular flexibility index (Phi) is 7.01. The fourth-order valence-electron chi connectivity index (χ4n) is 3.27. The maximum absolute atomic E-state index is 12.5. The normalized spacial score (nSPS) is 16.6. The van der Waals surface area contributed by atoms with E-state index in [0.717, 1.165) is 24.8 Å². The third-order valence-corrected chi connectivity index (χ3v) is 5.74. The summed E-state index contributed by atoms with van der Waals surface area (Å²) in [6.07, 6.45) is 2.96. The van der Waals surface area contributed by atoms with Gasteiger partial charge in [0.15, 0.2) is 0 Å². The second-order valence-electron chi connectivity index (χ2n) is 8.32. The Hall–Kier alpha value is -1.91. The summed E-state index contributed by atoms with van der Waals surface area (Å²) < 4.78 is 0. The van der Waals surface area contributed by atoms with Crippen molar-refractivity contribution in [1.82, 2.24) is 10.2 Å². The summed E-state index contributed by atoms with van der Waals surface area (Å²) >= 11 is 1.52. The molecule has 0 aliphatic heterocycles. The van der Waals surface area contributed by atoms with Crippen LogP contribution in [0.3, 0.4) is 0 Å². The Bertz CT molecular complexity index is 742. The van der Waals surface area contributed by atoms with Gasteiger partial charge in [0.1, 0.15) is 11.1 Å². The maximum Gasteiger partial charge on any atom is 0.239 e. The van der Waals surface area contributed by atoms with Crippen LogP contribution in [-0.2, 0) is 22.4 Å². The van der Waals surface area contributed by atoms with E-state index in [0.29, 0.717) is 23.0 Å². The third-order valence-electron chi connectivity index (χ3n) is 4.57. The van der Waals surface area contributed by atoms with Crippen molar-refractivity contribution in [2.75, 3.05) is 25.0 Å². The Morgan fingerprint density at radius 3 is 2.56 bits per heavy atom. The van der Waals surface area contributed by atoms with Gasteiger partial charge in [0.25, 0.3) is 0 Å². The summed E-state index contributed by atoms with van der Waals surface area (Å²) in [4.78, 5) is 27.6. The molecule has 0 bridgehead atoms. The number of nitrogens with zero attached hydrogens (tertiary/aromatic N) is 2. The zero-order valence-electron chi connectivity index (χ0n) is 16.9. The van der Waals surface area contributed by atoms with Crippen molar-refractivity contribution in [3.8, 4) is 6.07 Å². The molecule has 27 heavy (non-hydrogen) atoms. The molecule has 0 saturated carbocycles. The van der Waals surface area contributed by atoms with Crippen LogP contribution in [0.2, 0.25) is 0 Å². The summed E-state index contributed by atoms with van der Waals surface area (Å²) in [7, 11) is 0. The first-order valence-corrected chi connectivity index (χ1v) is 10.3. The van der Waals surface area contributed by atoms with E-state index in [-0.39, 0.29) is 30.4 Å². The highest BCUT2D eigenvalue weighted by atomic mass is 32.1. The fraction of sp³-hybridized carbons (Fsp3) is 0.650. The second-order valence-corrected chi connectivity index (χ2v) is 9.42. The molecular formula is C20H30N4O2S. The molecule has 2 rings (SSSR count). The van der Waals surface area contributed by atoms with Crippen LogP contribution < -0.4 is 10.6 Å². The van der Waals surface area contributed by atoms with Crippen molar-refractivity contribution >= 4 is 28.2 Å². The molecule has 7 heteroatoms. The molecule has 1 aliphatic carbocycles. The summed E-state index contributed by atoms with van der Waals surface area (Å²) in [6, 6.07) is 2.27. The van der Waals surface area contributed by atoms with Crippen LogP contribution in [0.15, 0.2) is 0 Å². The Labute approximate surface area is 165 Å². The monoisotopic (exact) mass is 390 g/mol. The van der Waals surface area contributed by atoms with Gasteiger partial charge in [-0.05, 0) is 58.1 Å². The molecule has 0 aromatic carbocycles. The highest BCUT2D eigenvalue weighted by Gasteiger charge is 2.25. The highest BCUT2D eigenvalue weighted by Crippen LogP contribution is 2.39. The molecule has 1 atom stereocenters. The van der Waals surface area contributed by atoms with Gasteiger partial charge in [0.05, 0.1) is 18.7 Å². The zero-order chi connectivity index (χ0) is 20.2. The quantitative estimate of drug-likeness (QED) is 0.782.